The molecule has 2 fully saturated rings. The fourth-order valence-electron chi connectivity index (χ4n) is 4.43. The third-order valence-corrected chi connectivity index (χ3v) is 7.67. The number of fused-ring (bicyclic) bond motifs is 2. The number of carbonyl (C=O) groups is 1. The van der Waals surface area contributed by atoms with Gasteiger partial charge >= 0.3 is 11.7 Å². The van der Waals surface area contributed by atoms with Crippen molar-refractivity contribution < 1.29 is 22.7 Å². The van der Waals surface area contributed by atoms with Gasteiger partial charge in [0.05, 0.1) is 15.8 Å². The smallest absolute Gasteiger partial charge is 0.419 e. The van der Waals surface area contributed by atoms with Crippen LogP contribution in [0.1, 0.15) is 26.2 Å². The number of nitrogens with zero attached hydrogens (tertiary/aromatic N) is 2. The molecule has 2 heterocycles. The third kappa shape index (κ3) is 2.26. The van der Waals surface area contributed by atoms with E-state index >= 15 is 0 Å². The second-order valence-corrected chi connectivity index (χ2v) is 9.03. The summed E-state index contributed by atoms with van der Waals surface area (Å²) in [6.07, 6.45) is 2.05. The van der Waals surface area contributed by atoms with E-state index in [9.17, 15) is 23.1 Å². The van der Waals surface area contributed by atoms with Crippen molar-refractivity contribution in [2.24, 2.45) is 11.3 Å². The molecule has 26 heavy (non-hydrogen) atoms. The molecule has 1 aromatic heterocycles. The number of rotatable bonds is 4. The molecule has 1 saturated carbocycles. The molecule has 9 heteroatoms. The van der Waals surface area contributed by atoms with Gasteiger partial charge in [-0.15, -0.1) is 0 Å². The van der Waals surface area contributed by atoms with Gasteiger partial charge < -0.3 is 9.52 Å². The molecular weight excluding hydrogens is 360 g/mol. The Morgan fingerprint density at radius 1 is 1.42 bits per heavy atom. The molecule has 8 nitrogen and oxygen atoms in total. The lowest BCUT2D eigenvalue weighted by atomic mass is 9.81. The van der Waals surface area contributed by atoms with Gasteiger partial charge in [0.2, 0.25) is 10.0 Å². The predicted octanol–water partition coefficient (Wildman–Crippen LogP) is 1.49. The number of sulfonamides is 1. The molecule has 0 radical (unpaired) electrons. The SMILES string of the molecule is CCn1c(=O)oc2cc(S(=O)(=O)N3C[C@@H]4CCC[C@@]4(C(=O)O)C3)ccc21. The van der Waals surface area contributed by atoms with Gasteiger partial charge in [-0.3, -0.25) is 9.36 Å². The van der Waals surface area contributed by atoms with Crippen LogP contribution in [0.5, 0.6) is 0 Å². The highest BCUT2D eigenvalue weighted by Gasteiger charge is 2.57. The summed E-state index contributed by atoms with van der Waals surface area (Å²) < 4.78 is 33.9. The normalized spacial score (nSPS) is 26.4. The molecule has 2 atom stereocenters. The molecule has 0 bridgehead atoms. The summed E-state index contributed by atoms with van der Waals surface area (Å²) >= 11 is 0. The Hall–Kier alpha value is -2.13. The van der Waals surface area contributed by atoms with Crippen LogP contribution in [0.4, 0.5) is 0 Å². The number of carboxylic acids is 1. The van der Waals surface area contributed by atoms with Crippen LogP contribution in [0, 0.1) is 11.3 Å². The van der Waals surface area contributed by atoms with Gasteiger partial charge in [-0.25, -0.2) is 13.2 Å². The van der Waals surface area contributed by atoms with Crippen molar-refractivity contribution in [2.45, 2.75) is 37.6 Å². The number of aliphatic carboxylic acids is 1. The van der Waals surface area contributed by atoms with Crippen LogP contribution in [0.2, 0.25) is 0 Å². The van der Waals surface area contributed by atoms with Crippen molar-refractivity contribution in [1.29, 1.82) is 0 Å². The zero-order valence-corrected chi connectivity index (χ0v) is 15.2. The molecule has 140 valence electrons. The predicted molar refractivity (Wildman–Crippen MR) is 92.3 cm³/mol. The summed E-state index contributed by atoms with van der Waals surface area (Å²) in [6, 6.07) is 4.35. The Bertz CT molecular complexity index is 1050. The molecule has 4 rings (SSSR count). The van der Waals surface area contributed by atoms with Gasteiger partial charge in [-0.2, -0.15) is 4.31 Å². The monoisotopic (exact) mass is 380 g/mol. The molecule has 1 aliphatic heterocycles. The molecular formula is C17H20N2O6S. The van der Waals surface area contributed by atoms with Crippen molar-refractivity contribution in [1.82, 2.24) is 8.87 Å². The number of hydrogen-bond acceptors (Lipinski definition) is 5. The highest BCUT2D eigenvalue weighted by atomic mass is 32.2. The average molecular weight is 380 g/mol. The van der Waals surface area contributed by atoms with Gasteiger partial charge in [0, 0.05) is 25.7 Å². The summed E-state index contributed by atoms with van der Waals surface area (Å²) in [5.41, 5.74) is -0.225. The number of aromatic nitrogens is 1. The van der Waals surface area contributed by atoms with Crippen molar-refractivity contribution in [3.63, 3.8) is 0 Å². The molecule has 1 saturated heterocycles. The fourth-order valence-corrected chi connectivity index (χ4v) is 6.00. The highest BCUT2D eigenvalue weighted by molar-refractivity contribution is 7.89. The molecule has 0 unspecified atom stereocenters. The Morgan fingerprint density at radius 3 is 2.85 bits per heavy atom. The Labute approximate surface area is 150 Å². The Balaban J connectivity index is 1.73. The quantitative estimate of drug-likeness (QED) is 0.860. The van der Waals surface area contributed by atoms with Gasteiger partial charge in [-0.05, 0) is 37.8 Å². The summed E-state index contributed by atoms with van der Waals surface area (Å²) in [5, 5.41) is 9.66. The van der Waals surface area contributed by atoms with Crippen molar-refractivity contribution in [3.8, 4) is 0 Å². The van der Waals surface area contributed by atoms with Crippen LogP contribution in [-0.4, -0.2) is 41.5 Å². The fraction of sp³-hybridized carbons (Fsp3) is 0.529. The Morgan fingerprint density at radius 2 is 2.19 bits per heavy atom. The summed E-state index contributed by atoms with van der Waals surface area (Å²) in [4.78, 5) is 23.6. The van der Waals surface area contributed by atoms with Crippen LogP contribution in [-0.2, 0) is 21.4 Å². The zero-order valence-electron chi connectivity index (χ0n) is 14.3. The molecule has 0 spiro atoms. The van der Waals surface area contributed by atoms with E-state index in [2.05, 4.69) is 0 Å². The zero-order chi connectivity index (χ0) is 18.7. The number of aryl methyl sites for hydroxylation is 1. The average Bonchev–Trinajstić information content (AvgIpc) is 3.23. The van der Waals surface area contributed by atoms with Gasteiger partial charge in [-0.1, -0.05) is 6.42 Å². The number of hydrogen-bond donors (Lipinski definition) is 1. The maximum atomic E-state index is 13.0. The lowest BCUT2D eigenvalue weighted by Crippen LogP contribution is -2.37. The van der Waals surface area contributed by atoms with E-state index in [0.29, 0.717) is 18.5 Å². The Kier molecular flexibility index (Phi) is 3.78. The molecule has 1 aromatic carbocycles. The second-order valence-electron chi connectivity index (χ2n) is 7.09. The van der Waals surface area contributed by atoms with E-state index in [0.717, 1.165) is 12.8 Å². The minimum absolute atomic E-state index is 0.00666. The van der Waals surface area contributed by atoms with Gasteiger partial charge in [0.25, 0.3) is 0 Å². The number of benzene rings is 1. The van der Waals surface area contributed by atoms with Crippen LogP contribution < -0.4 is 5.76 Å². The van der Waals surface area contributed by atoms with Crippen LogP contribution >= 0.6 is 0 Å². The first-order valence-electron chi connectivity index (χ1n) is 8.66. The van der Waals surface area contributed by atoms with E-state index in [-0.39, 0.29) is 29.5 Å². The second kappa shape index (κ2) is 5.68. The summed E-state index contributed by atoms with van der Waals surface area (Å²) in [6.45, 7) is 2.43. The number of carboxylic acid groups (broad SMARTS) is 1. The van der Waals surface area contributed by atoms with Crippen molar-refractivity contribution >= 4 is 27.1 Å². The molecule has 0 amide bonds. The largest absolute Gasteiger partial charge is 0.481 e. The van der Waals surface area contributed by atoms with Crippen LogP contribution in [0.25, 0.3) is 11.1 Å². The van der Waals surface area contributed by atoms with Crippen LogP contribution in [0.15, 0.2) is 32.3 Å². The maximum absolute atomic E-state index is 13.0. The standard InChI is InChI=1S/C17H20N2O6S/c1-2-19-13-6-5-12(8-14(13)25-16(19)22)26(23,24)18-9-11-4-3-7-17(11,10-18)15(20)21/h5-6,8,11H,2-4,7,9-10H2,1H3,(H,20,21)/t11-,17+/m0/s1. The molecule has 2 aromatic rings. The first kappa shape index (κ1) is 17.3. The van der Waals surface area contributed by atoms with Gasteiger partial charge in [0.1, 0.15) is 0 Å². The minimum atomic E-state index is -3.86. The van der Waals surface area contributed by atoms with E-state index in [1.54, 1.807) is 13.0 Å². The highest BCUT2D eigenvalue weighted by Crippen LogP contribution is 2.50. The lowest BCUT2D eigenvalue weighted by Gasteiger charge is -2.23. The molecule has 1 aliphatic carbocycles. The van der Waals surface area contributed by atoms with Crippen molar-refractivity contribution in [3.05, 3.63) is 28.7 Å². The summed E-state index contributed by atoms with van der Waals surface area (Å²) in [5.74, 6) is -1.60. The van der Waals surface area contributed by atoms with Crippen molar-refractivity contribution in [2.75, 3.05) is 13.1 Å². The summed E-state index contributed by atoms with van der Waals surface area (Å²) in [7, 11) is -3.86. The molecule has 1 N–H and O–H groups in total. The lowest BCUT2D eigenvalue weighted by molar-refractivity contribution is -0.149. The van der Waals surface area contributed by atoms with Crippen LogP contribution in [0.3, 0.4) is 0 Å². The van der Waals surface area contributed by atoms with E-state index < -0.39 is 27.2 Å². The number of oxazole rings is 1. The maximum Gasteiger partial charge on any atom is 0.419 e. The van der Waals surface area contributed by atoms with Gasteiger partial charge in [0.15, 0.2) is 5.58 Å². The van der Waals surface area contributed by atoms with E-state index in [1.165, 1.54) is 21.0 Å². The van der Waals surface area contributed by atoms with E-state index in [1.807, 2.05) is 0 Å². The minimum Gasteiger partial charge on any atom is -0.481 e. The third-order valence-electron chi connectivity index (χ3n) is 5.86. The first-order valence-corrected chi connectivity index (χ1v) is 10.1. The first-order chi connectivity index (χ1) is 12.3. The topological polar surface area (TPSA) is 110 Å². The van der Waals surface area contributed by atoms with E-state index in [4.69, 9.17) is 4.42 Å². The molecule has 2 aliphatic rings.